The van der Waals surface area contributed by atoms with Crippen molar-refractivity contribution >= 4 is 39.3 Å². The predicted octanol–water partition coefficient (Wildman–Crippen LogP) is 3.81. The summed E-state index contributed by atoms with van der Waals surface area (Å²) >= 11 is 1.86. The molecule has 2 aromatic rings. The van der Waals surface area contributed by atoms with Gasteiger partial charge in [0.2, 0.25) is 0 Å². The molecule has 4 rings (SSSR count). The molecular formula is C22H25FN2O5S2. The molecule has 0 aromatic heterocycles. The van der Waals surface area contributed by atoms with Crippen molar-refractivity contribution in [1.82, 2.24) is 0 Å². The number of halogens is 1. The highest BCUT2D eigenvalue weighted by molar-refractivity contribution is 7.99. The van der Waals surface area contributed by atoms with Gasteiger partial charge in [-0.25, -0.2) is 9.18 Å². The summed E-state index contributed by atoms with van der Waals surface area (Å²) in [6, 6.07) is 11.0. The van der Waals surface area contributed by atoms with Crippen molar-refractivity contribution in [2.75, 3.05) is 47.5 Å². The van der Waals surface area contributed by atoms with Gasteiger partial charge in [0, 0.05) is 18.8 Å². The molecule has 2 fully saturated rings. The third-order valence-electron chi connectivity index (χ3n) is 5.40. The molecule has 2 aromatic carbocycles. The van der Waals surface area contributed by atoms with Crippen molar-refractivity contribution < 1.29 is 26.5 Å². The summed E-state index contributed by atoms with van der Waals surface area (Å²) in [7, 11) is -3.97. The van der Waals surface area contributed by atoms with E-state index in [1.54, 1.807) is 24.3 Å². The molecule has 0 N–H and O–H groups in total. The third kappa shape index (κ3) is 5.19. The maximum Gasteiger partial charge on any atom is 0.414 e. The van der Waals surface area contributed by atoms with Gasteiger partial charge in [0.15, 0.2) is 0 Å². The smallest absolute Gasteiger partial charge is 0.414 e. The zero-order valence-electron chi connectivity index (χ0n) is 17.7. The van der Waals surface area contributed by atoms with Gasteiger partial charge in [0.05, 0.1) is 22.8 Å². The second-order valence-corrected chi connectivity index (χ2v) is 10.6. The van der Waals surface area contributed by atoms with E-state index in [0.29, 0.717) is 11.4 Å². The highest BCUT2D eigenvalue weighted by Gasteiger charge is 2.34. The van der Waals surface area contributed by atoms with E-state index in [-0.39, 0.29) is 18.0 Å². The van der Waals surface area contributed by atoms with E-state index in [1.165, 1.54) is 23.1 Å². The van der Waals surface area contributed by atoms with Crippen LogP contribution in [0.4, 0.5) is 20.6 Å². The van der Waals surface area contributed by atoms with Crippen LogP contribution in [-0.4, -0.2) is 58.4 Å². The SMILES string of the molecule is Cc1ccc(S(=O)(=O)OCC2CN(c3ccc(N4CCCSCC4)c(F)c3)C(=O)O2)cc1. The molecule has 7 nitrogen and oxygen atoms in total. The van der Waals surface area contributed by atoms with Crippen LogP contribution in [0.15, 0.2) is 47.4 Å². The Kier molecular flexibility index (Phi) is 6.92. The van der Waals surface area contributed by atoms with E-state index >= 15 is 0 Å². The van der Waals surface area contributed by atoms with Crippen LogP contribution in [0.5, 0.6) is 0 Å². The van der Waals surface area contributed by atoms with Crippen molar-refractivity contribution in [3.8, 4) is 0 Å². The van der Waals surface area contributed by atoms with E-state index in [1.807, 2.05) is 23.6 Å². The highest BCUT2D eigenvalue weighted by atomic mass is 32.2. The quantitative estimate of drug-likeness (QED) is 0.582. The van der Waals surface area contributed by atoms with Gasteiger partial charge in [-0.3, -0.25) is 9.08 Å². The lowest BCUT2D eigenvalue weighted by molar-refractivity contribution is 0.107. The molecule has 0 bridgehead atoms. The number of aryl methyl sites for hydroxylation is 1. The number of benzene rings is 2. The monoisotopic (exact) mass is 480 g/mol. The molecule has 0 spiro atoms. The van der Waals surface area contributed by atoms with Crippen LogP contribution in [0.1, 0.15) is 12.0 Å². The minimum absolute atomic E-state index is 0.0360. The maximum atomic E-state index is 14.8. The first-order valence-corrected chi connectivity index (χ1v) is 13.0. The van der Waals surface area contributed by atoms with Gasteiger partial charge in [0.25, 0.3) is 10.1 Å². The molecular weight excluding hydrogens is 455 g/mol. The average molecular weight is 481 g/mol. The minimum Gasteiger partial charge on any atom is -0.441 e. The number of hydrogen-bond acceptors (Lipinski definition) is 7. The molecule has 0 saturated carbocycles. The van der Waals surface area contributed by atoms with Gasteiger partial charge < -0.3 is 9.64 Å². The molecule has 2 aliphatic rings. The second-order valence-electron chi connectivity index (χ2n) is 7.76. The summed E-state index contributed by atoms with van der Waals surface area (Å²) in [5.74, 6) is 1.62. The van der Waals surface area contributed by atoms with Crippen LogP contribution in [0.2, 0.25) is 0 Å². The van der Waals surface area contributed by atoms with Crippen LogP contribution < -0.4 is 9.80 Å². The summed E-state index contributed by atoms with van der Waals surface area (Å²) in [6.45, 7) is 3.18. The summed E-state index contributed by atoms with van der Waals surface area (Å²) < 4.78 is 49.9. The lowest BCUT2D eigenvalue weighted by Crippen LogP contribution is -2.28. The number of ether oxygens (including phenoxy) is 1. The first kappa shape index (κ1) is 22.9. The third-order valence-corrected chi connectivity index (χ3v) is 7.74. The van der Waals surface area contributed by atoms with Gasteiger partial charge in [-0.1, -0.05) is 17.7 Å². The van der Waals surface area contributed by atoms with E-state index < -0.39 is 28.1 Å². The van der Waals surface area contributed by atoms with Crippen LogP contribution in [-0.2, 0) is 19.0 Å². The summed E-state index contributed by atoms with van der Waals surface area (Å²) in [4.78, 5) is 15.7. The Morgan fingerprint density at radius 3 is 2.69 bits per heavy atom. The Balaban J connectivity index is 1.40. The van der Waals surface area contributed by atoms with E-state index in [4.69, 9.17) is 8.92 Å². The maximum absolute atomic E-state index is 14.8. The zero-order chi connectivity index (χ0) is 22.7. The fourth-order valence-corrected chi connectivity index (χ4v) is 5.49. The van der Waals surface area contributed by atoms with Crippen molar-refractivity contribution in [3.05, 3.63) is 53.8 Å². The van der Waals surface area contributed by atoms with E-state index in [9.17, 15) is 17.6 Å². The molecule has 2 heterocycles. The Labute approximate surface area is 191 Å². The summed E-state index contributed by atoms with van der Waals surface area (Å²) in [5.41, 5.74) is 1.81. The van der Waals surface area contributed by atoms with Crippen molar-refractivity contribution in [3.63, 3.8) is 0 Å². The number of hydrogen-bond donors (Lipinski definition) is 0. The number of cyclic esters (lactones) is 1. The summed E-state index contributed by atoms with van der Waals surface area (Å²) in [5, 5.41) is 0. The van der Waals surface area contributed by atoms with Crippen LogP contribution >= 0.6 is 11.8 Å². The van der Waals surface area contributed by atoms with Gasteiger partial charge in [-0.2, -0.15) is 20.2 Å². The number of carbonyl (C=O) groups is 1. The number of thioether (sulfide) groups is 1. The van der Waals surface area contributed by atoms with Crippen LogP contribution in [0.3, 0.4) is 0 Å². The minimum atomic E-state index is -3.97. The number of rotatable bonds is 6. The van der Waals surface area contributed by atoms with Crippen molar-refractivity contribution in [1.29, 1.82) is 0 Å². The molecule has 32 heavy (non-hydrogen) atoms. The largest absolute Gasteiger partial charge is 0.441 e. The Morgan fingerprint density at radius 2 is 1.94 bits per heavy atom. The summed E-state index contributed by atoms with van der Waals surface area (Å²) in [6.07, 6.45) is -0.449. The Hall–Kier alpha value is -2.30. The van der Waals surface area contributed by atoms with Gasteiger partial charge >= 0.3 is 6.09 Å². The molecule has 2 saturated heterocycles. The molecule has 0 aliphatic carbocycles. The molecule has 172 valence electrons. The molecule has 2 aliphatic heterocycles. The predicted molar refractivity (Wildman–Crippen MR) is 122 cm³/mol. The second kappa shape index (κ2) is 9.68. The molecule has 1 atom stereocenters. The number of amides is 1. The number of nitrogens with zero attached hydrogens (tertiary/aromatic N) is 2. The zero-order valence-corrected chi connectivity index (χ0v) is 19.3. The first-order valence-electron chi connectivity index (χ1n) is 10.4. The number of carbonyl (C=O) groups excluding carboxylic acids is 1. The fourth-order valence-electron chi connectivity index (χ4n) is 3.66. The van der Waals surface area contributed by atoms with E-state index in [2.05, 4.69) is 0 Å². The lowest BCUT2D eigenvalue weighted by atomic mass is 10.2. The topological polar surface area (TPSA) is 76.2 Å². The van der Waals surface area contributed by atoms with Crippen LogP contribution in [0, 0.1) is 12.7 Å². The fraction of sp³-hybridized carbons (Fsp3) is 0.409. The first-order chi connectivity index (χ1) is 15.3. The normalized spacial score (nSPS) is 19.7. The van der Waals surface area contributed by atoms with Crippen LogP contribution in [0.25, 0.3) is 0 Å². The van der Waals surface area contributed by atoms with Crippen molar-refractivity contribution in [2.24, 2.45) is 0 Å². The van der Waals surface area contributed by atoms with Crippen molar-refractivity contribution in [2.45, 2.75) is 24.3 Å². The molecule has 10 heteroatoms. The van der Waals surface area contributed by atoms with Gasteiger partial charge in [0.1, 0.15) is 18.5 Å². The van der Waals surface area contributed by atoms with E-state index in [0.717, 1.165) is 36.6 Å². The van der Waals surface area contributed by atoms with Gasteiger partial charge in [-0.15, -0.1) is 0 Å². The van der Waals surface area contributed by atoms with Gasteiger partial charge in [-0.05, 0) is 49.4 Å². The molecule has 1 unspecified atom stereocenters. The number of anilines is 2. The molecule has 1 amide bonds. The molecule has 0 radical (unpaired) electrons. The average Bonchev–Trinajstić information content (AvgIpc) is 2.95. The standard InChI is InChI=1S/C22H25FN2O5S2/c1-16-3-6-19(7-4-16)32(27,28)29-15-18-14-25(22(26)30-18)17-5-8-21(20(23)13-17)24-9-2-11-31-12-10-24/h3-8,13,18H,2,9-12,14-15H2,1H3. The lowest BCUT2D eigenvalue weighted by Gasteiger charge is -2.24. The Bertz CT molecular complexity index is 1070. The highest BCUT2D eigenvalue weighted by Crippen LogP contribution is 2.29. The Morgan fingerprint density at radius 1 is 1.16 bits per heavy atom.